The Morgan fingerprint density at radius 2 is 1.68 bits per heavy atom. The van der Waals surface area contributed by atoms with Gasteiger partial charge in [0.05, 0.1) is 17.2 Å². The lowest BCUT2D eigenvalue weighted by Crippen LogP contribution is -2.29. The number of hydrogen-bond acceptors (Lipinski definition) is 3. The highest BCUT2D eigenvalue weighted by atomic mass is 35.5. The van der Waals surface area contributed by atoms with Gasteiger partial charge in [-0.15, -0.1) is 11.6 Å². The third-order valence-corrected chi connectivity index (χ3v) is 6.70. The minimum absolute atomic E-state index is 0.149. The van der Waals surface area contributed by atoms with Gasteiger partial charge in [0.15, 0.2) is 0 Å². The Morgan fingerprint density at radius 3 is 2.25 bits per heavy atom. The van der Waals surface area contributed by atoms with E-state index in [0.29, 0.717) is 11.3 Å². The Labute approximate surface area is 175 Å². The van der Waals surface area contributed by atoms with Crippen molar-refractivity contribution in [1.82, 2.24) is 0 Å². The molecule has 2 aromatic carbocycles. The monoisotopic (exact) mass is 420 g/mol. The molecule has 0 aromatic heterocycles. The van der Waals surface area contributed by atoms with Crippen LogP contribution in [0.2, 0.25) is 0 Å². The molecule has 0 fully saturated rings. The van der Waals surface area contributed by atoms with Gasteiger partial charge in [-0.1, -0.05) is 48.0 Å². The Bertz CT molecular complexity index is 782. The van der Waals surface area contributed by atoms with E-state index in [0.717, 1.165) is 12.0 Å². The summed E-state index contributed by atoms with van der Waals surface area (Å²) in [7, 11) is -1.41. The summed E-state index contributed by atoms with van der Waals surface area (Å²) in [5, 5.41) is 0. The van der Waals surface area contributed by atoms with E-state index < -0.39 is 21.1 Å². The number of halogens is 1. The molecule has 3 nitrogen and oxygen atoms in total. The standard InChI is InChI=1S/C23H29ClO3S/c1-17-10-14-20(15-11-17)28(26)22(24)19(16-21(25)27-23(2,3)4)13-12-18-8-6-5-7-9-18/h5-11,14-15,19,22H,12-13,16H2,1-4H3/t19-,22?,28?/m0/s1. The second-order valence-corrected chi connectivity index (χ2v) is 10.3. The van der Waals surface area contributed by atoms with Crippen LogP contribution >= 0.6 is 11.6 Å². The second kappa shape index (κ2) is 10.2. The molecule has 0 spiro atoms. The Hall–Kier alpha value is -1.65. The summed E-state index contributed by atoms with van der Waals surface area (Å²) < 4.78 is 17.8. The van der Waals surface area contributed by atoms with Gasteiger partial charge in [0.1, 0.15) is 10.3 Å². The molecule has 2 aromatic rings. The highest BCUT2D eigenvalue weighted by Crippen LogP contribution is 2.29. The summed E-state index contributed by atoms with van der Waals surface area (Å²) in [5.74, 6) is -0.559. The molecular formula is C23H29ClO3S. The van der Waals surface area contributed by atoms with Crippen molar-refractivity contribution in [2.24, 2.45) is 5.92 Å². The minimum Gasteiger partial charge on any atom is -0.460 e. The van der Waals surface area contributed by atoms with Crippen LogP contribution in [-0.4, -0.2) is 20.5 Å². The van der Waals surface area contributed by atoms with Crippen LogP contribution in [-0.2, 0) is 26.8 Å². The van der Waals surface area contributed by atoms with Gasteiger partial charge in [-0.25, -0.2) is 0 Å². The van der Waals surface area contributed by atoms with Crippen molar-refractivity contribution < 1.29 is 13.7 Å². The molecule has 0 bridgehead atoms. The molecule has 0 radical (unpaired) electrons. The fraction of sp³-hybridized carbons (Fsp3) is 0.435. The molecule has 5 heteroatoms. The van der Waals surface area contributed by atoms with Crippen LogP contribution < -0.4 is 0 Å². The first-order valence-electron chi connectivity index (χ1n) is 9.53. The minimum atomic E-state index is -1.41. The molecular weight excluding hydrogens is 392 g/mol. The maximum absolute atomic E-state index is 13.0. The van der Waals surface area contributed by atoms with E-state index in [-0.39, 0.29) is 18.3 Å². The van der Waals surface area contributed by atoms with E-state index >= 15 is 0 Å². The highest BCUT2D eigenvalue weighted by molar-refractivity contribution is 7.87. The quantitative estimate of drug-likeness (QED) is 0.409. The van der Waals surface area contributed by atoms with Gasteiger partial charge in [0, 0.05) is 4.90 Å². The van der Waals surface area contributed by atoms with E-state index in [2.05, 4.69) is 0 Å². The molecule has 0 amide bonds. The van der Waals surface area contributed by atoms with Crippen LogP contribution in [0.1, 0.15) is 44.7 Å². The third-order valence-electron chi connectivity index (χ3n) is 4.32. The number of carbonyl (C=O) groups is 1. The van der Waals surface area contributed by atoms with Gasteiger partial charge in [-0.3, -0.25) is 9.00 Å². The molecule has 0 aliphatic carbocycles. The van der Waals surface area contributed by atoms with Gasteiger partial charge in [-0.05, 0) is 64.2 Å². The van der Waals surface area contributed by atoms with Crippen molar-refractivity contribution in [1.29, 1.82) is 0 Å². The van der Waals surface area contributed by atoms with Crippen LogP contribution in [0.25, 0.3) is 0 Å². The molecule has 0 saturated carbocycles. The maximum atomic E-state index is 13.0. The number of rotatable bonds is 8. The largest absolute Gasteiger partial charge is 0.460 e. The molecule has 28 heavy (non-hydrogen) atoms. The smallest absolute Gasteiger partial charge is 0.306 e. The number of esters is 1. The lowest BCUT2D eigenvalue weighted by molar-refractivity contribution is -0.155. The van der Waals surface area contributed by atoms with E-state index in [9.17, 15) is 9.00 Å². The van der Waals surface area contributed by atoms with Gasteiger partial charge in [0.25, 0.3) is 0 Å². The van der Waals surface area contributed by atoms with Gasteiger partial charge >= 0.3 is 5.97 Å². The van der Waals surface area contributed by atoms with Crippen molar-refractivity contribution in [2.45, 2.75) is 62.2 Å². The van der Waals surface area contributed by atoms with Crippen molar-refractivity contribution in [3.8, 4) is 0 Å². The van der Waals surface area contributed by atoms with Crippen molar-refractivity contribution in [2.75, 3.05) is 0 Å². The van der Waals surface area contributed by atoms with Crippen LogP contribution in [0.4, 0.5) is 0 Å². The van der Waals surface area contributed by atoms with Crippen LogP contribution in [0.3, 0.4) is 0 Å². The number of benzene rings is 2. The zero-order chi connectivity index (χ0) is 20.7. The average molecular weight is 421 g/mol. The van der Waals surface area contributed by atoms with E-state index in [1.807, 2.05) is 82.3 Å². The molecule has 3 atom stereocenters. The predicted molar refractivity (Wildman–Crippen MR) is 116 cm³/mol. The number of alkyl halides is 1. The maximum Gasteiger partial charge on any atom is 0.306 e. The fourth-order valence-corrected chi connectivity index (χ4v) is 4.67. The first-order valence-corrected chi connectivity index (χ1v) is 11.2. The lowest BCUT2D eigenvalue weighted by atomic mass is 9.98. The van der Waals surface area contributed by atoms with Crippen LogP contribution in [0.15, 0.2) is 59.5 Å². The molecule has 0 aliphatic rings. The summed E-state index contributed by atoms with van der Waals surface area (Å²) in [4.78, 5) is 13.1. The topological polar surface area (TPSA) is 43.4 Å². The van der Waals surface area contributed by atoms with Gasteiger partial charge in [0.2, 0.25) is 0 Å². The van der Waals surface area contributed by atoms with E-state index in [4.69, 9.17) is 16.3 Å². The van der Waals surface area contributed by atoms with E-state index in [1.54, 1.807) is 0 Å². The number of ether oxygens (including phenoxy) is 1. The molecule has 0 saturated heterocycles. The Balaban J connectivity index is 2.13. The first-order chi connectivity index (χ1) is 13.2. The molecule has 2 unspecified atom stereocenters. The van der Waals surface area contributed by atoms with Crippen LogP contribution in [0.5, 0.6) is 0 Å². The number of hydrogen-bond donors (Lipinski definition) is 0. The Kier molecular flexibility index (Phi) is 8.26. The summed E-state index contributed by atoms with van der Waals surface area (Å²) in [6.07, 6.45) is 1.58. The first kappa shape index (κ1) is 22.6. The average Bonchev–Trinajstić information content (AvgIpc) is 2.64. The van der Waals surface area contributed by atoms with Gasteiger partial charge < -0.3 is 4.74 Å². The normalized spacial score (nSPS) is 14.9. The fourth-order valence-electron chi connectivity index (χ4n) is 2.90. The molecule has 0 aliphatic heterocycles. The van der Waals surface area contributed by atoms with Crippen LogP contribution in [0, 0.1) is 12.8 Å². The highest BCUT2D eigenvalue weighted by Gasteiger charge is 2.30. The third kappa shape index (κ3) is 7.40. The molecule has 0 N–H and O–H groups in total. The van der Waals surface area contributed by atoms with Crippen molar-refractivity contribution in [3.05, 3.63) is 65.7 Å². The number of carbonyl (C=O) groups excluding carboxylic acids is 1. The lowest BCUT2D eigenvalue weighted by Gasteiger charge is -2.24. The van der Waals surface area contributed by atoms with Crippen molar-refractivity contribution >= 4 is 28.4 Å². The van der Waals surface area contributed by atoms with Gasteiger partial charge in [-0.2, -0.15) is 0 Å². The molecule has 152 valence electrons. The zero-order valence-electron chi connectivity index (χ0n) is 17.0. The SMILES string of the molecule is Cc1ccc(S(=O)C(Cl)[C@@H](CCc2ccccc2)CC(=O)OC(C)(C)C)cc1. The van der Waals surface area contributed by atoms with Crippen molar-refractivity contribution in [3.63, 3.8) is 0 Å². The Morgan fingerprint density at radius 1 is 1.07 bits per heavy atom. The van der Waals surface area contributed by atoms with E-state index in [1.165, 1.54) is 5.56 Å². The molecule has 2 rings (SSSR count). The summed E-state index contributed by atoms with van der Waals surface area (Å²) in [5.41, 5.74) is 1.71. The predicted octanol–water partition coefficient (Wildman–Crippen LogP) is 5.65. The summed E-state index contributed by atoms with van der Waals surface area (Å²) >= 11 is 6.65. The summed E-state index contributed by atoms with van der Waals surface area (Å²) in [6.45, 7) is 7.50. The molecule has 0 heterocycles. The zero-order valence-corrected chi connectivity index (χ0v) is 18.6. The second-order valence-electron chi connectivity index (χ2n) is 8.04. The summed E-state index contributed by atoms with van der Waals surface area (Å²) in [6, 6.07) is 17.5. The number of aryl methyl sites for hydroxylation is 2.